The van der Waals surface area contributed by atoms with Gasteiger partial charge in [0.25, 0.3) is 0 Å². The minimum Gasteiger partial charge on any atom is -0.330 e. The lowest BCUT2D eigenvalue weighted by Crippen LogP contribution is -2.30. The zero-order valence-electron chi connectivity index (χ0n) is 15.4. The van der Waals surface area contributed by atoms with Crippen LogP contribution in [-0.4, -0.2) is 15.3 Å². The molecule has 0 radical (unpaired) electrons. The number of hydrogen-bond acceptors (Lipinski definition) is 2. The van der Waals surface area contributed by atoms with Gasteiger partial charge in [0.05, 0.1) is 17.1 Å². The second-order valence-electron chi connectivity index (χ2n) is 6.61. The van der Waals surface area contributed by atoms with E-state index in [1.165, 1.54) is 0 Å². The number of aryl methyl sites for hydroxylation is 1. The fourth-order valence-corrected chi connectivity index (χ4v) is 4.50. The quantitative estimate of drug-likeness (QED) is 0.651. The number of aromatic nitrogens is 1. The third kappa shape index (κ3) is 3.08. The molecule has 2 aromatic rings. The first-order valence-electron chi connectivity index (χ1n) is 8.82. The van der Waals surface area contributed by atoms with Gasteiger partial charge < -0.3 is 4.57 Å². The van der Waals surface area contributed by atoms with Gasteiger partial charge in [-0.25, -0.2) is 8.93 Å². The van der Waals surface area contributed by atoms with Crippen molar-refractivity contribution >= 4 is 27.5 Å². The van der Waals surface area contributed by atoms with Gasteiger partial charge in [0.15, 0.2) is 0 Å². The summed E-state index contributed by atoms with van der Waals surface area (Å²) in [5, 5.41) is 11.2. The molecular formula is C21H23N3OS. The second-order valence-corrected chi connectivity index (χ2v) is 7.82. The van der Waals surface area contributed by atoms with Crippen LogP contribution in [-0.2, 0) is 17.5 Å². The van der Waals surface area contributed by atoms with Crippen LogP contribution < -0.4 is 4.72 Å². The molecule has 1 aliphatic heterocycles. The first kappa shape index (κ1) is 18.4. The number of nitriles is 1. The summed E-state index contributed by atoms with van der Waals surface area (Å²) in [5.41, 5.74) is 7.36. The summed E-state index contributed by atoms with van der Waals surface area (Å²) in [5.74, 6) is 0.452. The molecule has 2 atom stereocenters. The highest BCUT2D eigenvalue weighted by molar-refractivity contribution is 7.83. The Bertz CT molecular complexity index is 1020. The molecule has 0 amide bonds. The number of nitrogens with one attached hydrogen (secondary N) is 1. The molecule has 3 rings (SSSR count). The minimum absolute atomic E-state index is 0.452. The molecule has 26 heavy (non-hydrogen) atoms. The molecule has 0 spiro atoms. The molecule has 1 aromatic carbocycles. The summed E-state index contributed by atoms with van der Waals surface area (Å²) in [7, 11) is -1.24. The van der Waals surface area contributed by atoms with Gasteiger partial charge >= 0.3 is 0 Å². The molecular weight excluding hydrogens is 342 g/mol. The van der Waals surface area contributed by atoms with Crippen LogP contribution in [0.2, 0.25) is 0 Å². The topological polar surface area (TPSA) is 57.8 Å². The highest BCUT2D eigenvalue weighted by atomic mass is 32.2. The van der Waals surface area contributed by atoms with Gasteiger partial charge in [-0.1, -0.05) is 39.0 Å². The van der Waals surface area contributed by atoms with E-state index in [4.69, 9.17) is 0 Å². The zero-order chi connectivity index (χ0) is 18.8. The Kier molecular flexibility index (Phi) is 5.29. The smallest absolute Gasteiger partial charge is 0.142 e. The third-order valence-corrected chi connectivity index (χ3v) is 6.28. The number of nitrogens with zero attached hydrogens (tertiary/aromatic N) is 2. The summed E-state index contributed by atoms with van der Waals surface area (Å²) in [6.07, 6.45) is 5.23. The van der Waals surface area contributed by atoms with E-state index in [0.717, 1.165) is 45.6 Å². The first-order valence-corrected chi connectivity index (χ1v) is 9.97. The van der Waals surface area contributed by atoms with Gasteiger partial charge in [0.1, 0.15) is 16.0 Å². The lowest BCUT2D eigenvalue weighted by Gasteiger charge is -2.18. The van der Waals surface area contributed by atoms with Gasteiger partial charge in [-0.2, -0.15) is 5.26 Å². The SMILES string of the molecule is C=C=C(/C=C\C(C)CC)c1cc(C#N)cc2c(C)c3n(c12)CCNS3=O. The van der Waals surface area contributed by atoms with Crippen LogP contribution in [0.1, 0.15) is 37.0 Å². The molecule has 2 heterocycles. The number of hydrogen-bond donors (Lipinski definition) is 1. The molecule has 0 bridgehead atoms. The fraction of sp³-hybridized carbons (Fsp3) is 0.333. The van der Waals surface area contributed by atoms with E-state index in [0.29, 0.717) is 18.0 Å². The summed E-state index contributed by atoms with van der Waals surface area (Å²) < 4.78 is 17.6. The Hall–Kier alpha value is -2.38. The average molecular weight is 366 g/mol. The third-order valence-electron chi connectivity index (χ3n) is 4.94. The maximum atomic E-state index is 12.5. The summed E-state index contributed by atoms with van der Waals surface area (Å²) in [6, 6.07) is 6.02. The van der Waals surface area contributed by atoms with Gasteiger partial charge in [-0.05, 0) is 30.5 Å². The Balaban J connectivity index is 2.33. The van der Waals surface area contributed by atoms with Gasteiger partial charge in [-0.15, -0.1) is 5.73 Å². The Labute approximate surface area is 157 Å². The lowest BCUT2D eigenvalue weighted by atomic mass is 9.97. The van der Waals surface area contributed by atoms with Crippen LogP contribution in [0, 0.1) is 24.2 Å². The largest absolute Gasteiger partial charge is 0.330 e. The Morgan fingerprint density at radius 1 is 1.54 bits per heavy atom. The van der Waals surface area contributed by atoms with Crippen LogP contribution >= 0.6 is 0 Å². The fourth-order valence-electron chi connectivity index (χ4n) is 3.31. The van der Waals surface area contributed by atoms with Crippen molar-refractivity contribution in [3.05, 3.63) is 53.3 Å². The van der Waals surface area contributed by atoms with Crippen molar-refractivity contribution in [3.63, 3.8) is 0 Å². The first-order chi connectivity index (χ1) is 12.5. The standard InChI is InChI=1S/C21H23N3OS/c1-5-14(3)7-8-17(6-2)19-12-16(13-22)11-18-15(4)21-24(20(18)19)10-9-23-26(21)25/h7-8,11-12,14,23H,2,5,9-10H2,1,3-4H3/b8-7-. The molecule has 134 valence electrons. The van der Waals surface area contributed by atoms with Crippen molar-refractivity contribution in [2.24, 2.45) is 5.92 Å². The molecule has 1 aromatic heterocycles. The molecule has 0 fully saturated rings. The highest BCUT2D eigenvalue weighted by Gasteiger charge is 2.25. The highest BCUT2D eigenvalue weighted by Crippen LogP contribution is 2.35. The van der Waals surface area contributed by atoms with Crippen molar-refractivity contribution in [2.75, 3.05) is 6.54 Å². The van der Waals surface area contributed by atoms with Crippen molar-refractivity contribution in [1.29, 1.82) is 5.26 Å². The van der Waals surface area contributed by atoms with E-state index in [2.05, 4.69) is 47.6 Å². The van der Waals surface area contributed by atoms with E-state index in [-0.39, 0.29) is 0 Å². The summed E-state index contributed by atoms with van der Waals surface area (Å²) in [6.45, 7) is 11.5. The number of benzene rings is 1. The minimum atomic E-state index is -1.24. The van der Waals surface area contributed by atoms with Crippen LogP contribution in [0.3, 0.4) is 0 Å². The summed E-state index contributed by atoms with van der Waals surface area (Å²) >= 11 is 0. The van der Waals surface area contributed by atoms with Crippen molar-refractivity contribution in [3.8, 4) is 6.07 Å². The number of rotatable bonds is 4. The molecule has 1 N–H and O–H groups in total. The van der Waals surface area contributed by atoms with Crippen LogP contribution in [0.15, 0.2) is 41.6 Å². The monoisotopic (exact) mass is 365 g/mol. The van der Waals surface area contributed by atoms with E-state index in [1.54, 1.807) is 0 Å². The van der Waals surface area contributed by atoms with Crippen LogP contribution in [0.4, 0.5) is 0 Å². The van der Waals surface area contributed by atoms with Crippen LogP contribution in [0.25, 0.3) is 16.5 Å². The van der Waals surface area contributed by atoms with Crippen LogP contribution in [0.5, 0.6) is 0 Å². The van der Waals surface area contributed by atoms with Crippen molar-refractivity contribution in [2.45, 2.75) is 38.8 Å². The Morgan fingerprint density at radius 2 is 2.31 bits per heavy atom. The predicted molar refractivity (Wildman–Crippen MR) is 107 cm³/mol. The molecule has 5 heteroatoms. The Morgan fingerprint density at radius 3 is 2.96 bits per heavy atom. The second kappa shape index (κ2) is 7.47. The molecule has 2 unspecified atom stereocenters. The normalized spacial score (nSPS) is 17.7. The maximum absolute atomic E-state index is 12.5. The molecule has 1 aliphatic rings. The van der Waals surface area contributed by atoms with E-state index in [9.17, 15) is 9.47 Å². The molecule has 0 saturated heterocycles. The van der Waals surface area contributed by atoms with E-state index in [1.807, 2.05) is 25.1 Å². The van der Waals surface area contributed by atoms with Gasteiger partial charge in [0, 0.05) is 29.6 Å². The lowest BCUT2D eigenvalue weighted by molar-refractivity contribution is 0.592. The van der Waals surface area contributed by atoms with Crippen molar-refractivity contribution in [1.82, 2.24) is 9.29 Å². The van der Waals surface area contributed by atoms with E-state index < -0.39 is 11.0 Å². The number of allylic oxidation sites excluding steroid dienone is 3. The maximum Gasteiger partial charge on any atom is 0.142 e. The zero-order valence-corrected chi connectivity index (χ0v) is 16.2. The van der Waals surface area contributed by atoms with Crippen molar-refractivity contribution < 1.29 is 4.21 Å². The van der Waals surface area contributed by atoms with Gasteiger partial charge in [0.2, 0.25) is 0 Å². The predicted octanol–water partition coefficient (Wildman–Crippen LogP) is 4.22. The average Bonchev–Trinajstić information content (AvgIpc) is 2.95. The molecule has 4 nitrogen and oxygen atoms in total. The molecule has 0 aliphatic carbocycles. The number of fused-ring (bicyclic) bond motifs is 3. The van der Waals surface area contributed by atoms with Gasteiger partial charge in [-0.3, -0.25) is 0 Å². The molecule has 0 saturated carbocycles. The van der Waals surface area contributed by atoms with E-state index >= 15 is 0 Å². The summed E-state index contributed by atoms with van der Waals surface area (Å²) in [4.78, 5) is 0.